The van der Waals surface area contributed by atoms with Gasteiger partial charge in [-0.1, -0.05) is 12.1 Å². The van der Waals surface area contributed by atoms with Crippen LogP contribution in [0.25, 0.3) is 0 Å². The van der Waals surface area contributed by atoms with Crippen molar-refractivity contribution >= 4 is 28.9 Å². The molecule has 1 aromatic carbocycles. The Hall–Kier alpha value is -2.28. The highest BCUT2D eigenvalue weighted by Crippen LogP contribution is 2.20. The summed E-state index contributed by atoms with van der Waals surface area (Å²) < 4.78 is 18.5. The van der Waals surface area contributed by atoms with Crippen LogP contribution in [0.1, 0.15) is 27.2 Å². The van der Waals surface area contributed by atoms with Gasteiger partial charge >= 0.3 is 5.97 Å². The van der Waals surface area contributed by atoms with Crippen LogP contribution in [0.2, 0.25) is 0 Å². The molecule has 0 unspecified atom stereocenters. The second-order valence-corrected chi connectivity index (χ2v) is 4.93. The van der Waals surface area contributed by atoms with Crippen molar-refractivity contribution in [1.82, 2.24) is 4.98 Å². The van der Waals surface area contributed by atoms with Crippen molar-refractivity contribution in [1.29, 1.82) is 0 Å². The number of ether oxygens (including phenoxy) is 1. The van der Waals surface area contributed by atoms with Gasteiger partial charge in [0.25, 0.3) is 5.91 Å². The van der Waals surface area contributed by atoms with Crippen LogP contribution in [0.4, 0.5) is 10.1 Å². The minimum absolute atomic E-state index is 0.0776. The molecule has 0 aliphatic carbocycles. The van der Waals surface area contributed by atoms with Crippen LogP contribution in [0.3, 0.4) is 0 Å². The number of thiazole rings is 1. The molecule has 0 aliphatic rings. The van der Waals surface area contributed by atoms with E-state index < -0.39 is 17.7 Å². The molecule has 110 valence electrons. The lowest BCUT2D eigenvalue weighted by molar-refractivity contribution is 0.0526. The van der Waals surface area contributed by atoms with Gasteiger partial charge in [0.1, 0.15) is 11.5 Å². The minimum atomic E-state index is -0.574. The van der Waals surface area contributed by atoms with Crippen LogP contribution >= 0.6 is 11.3 Å². The first-order valence-corrected chi connectivity index (χ1v) is 7.07. The topological polar surface area (TPSA) is 59.5 Å². The highest BCUT2D eigenvalue weighted by atomic mass is 32.1. The molecular weight excluding hydrogens is 295 g/mol. The van der Waals surface area contributed by atoms with Crippen LogP contribution in [-0.4, -0.2) is 30.5 Å². The van der Waals surface area contributed by atoms with Crippen LogP contribution in [0, 0.1) is 5.82 Å². The van der Waals surface area contributed by atoms with Crippen LogP contribution < -0.4 is 4.90 Å². The summed E-state index contributed by atoms with van der Waals surface area (Å²) in [5, 5.41) is 1.55. The molecule has 0 fully saturated rings. The largest absolute Gasteiger partial charge is 0.461 e. The number of para-hydroxylation sites is 1. The number of aromatic nitrogens is 1. The lowest BCUT2D eigenvalue weighted by Crippen LogP contribution is -2.27. The Bertz CT molecular complexity index is 672. The third-order valence-electron chi connectivity index (χ3n) is 2.69. The quantitative estimate of drug-likeness (QED) is 0.815. The van der Waals surface area contributed by atoms with Gasteiger partial charge in [0, 0.05) is 12.4 Å². The predicted octanol–water partition coefficient (Wildman–Crippen LogP) is 2.74. The molecule has 1 amide bonds. The fourth-order valence-corrected chi connectivity index (χ4v) is 2.35. The maximum Gasteiger partial charge on any atom is 0.367 e. The van der Waals surface area contributed by atoms with Gasteiger partial charge in [0.05, 0.1) is 12.3 Å². The van der Waals surface area contributed by atoms with Crippen molar-refractivity contribution in [3.05, 3.63) is 46.2 Å². The highest BCUT2D eigenvalue weighted by Gasteiger charge is 2.21. The van der Waals surface area contributed by atoms with Gasteiger partial charge in [-0.25, -0.2) is 14.2 Å². The molecule has 1 heterocycles. The van der Waals surface area contributed by atoms with Gasteiger partial charge < -0.3 is 9.64 Å². The molecule has 0 spiro atoms. The number of halogens is 1. The summed E-state index contributed by atoms with van der Waals surface area (Å²) in [7, 11) is 1.45. The van der Waals surface area contributed by atoms with E-state index in [1.54, 1.807) is 19.1 Å². The van der Waals surface area contributed by atoms with Crippen LogP contribution in [0.15, 0.2) is 29.6 Å². The smallest absolute Gasteiger partial charge is 0.367 e. The number of hydrogen-bond donors (Lipinski definition) is 0. The molecule has 0 bridgehead atoms. The van der Waals surface area contributed by atoms with E-state index in [0.29, 0.717) is 0 Å². The zero-order chi connectivity index (χ0) is 15.4. The molecule has 0 saturated heterocycles. The van der Waals surface area contributed by atoms with Crippen molar-refractivity contribution in [3.63, 3.8) is 0 Å². The maximum atomic E-state index is 13.7. The average Bonchev–Trinajstić information content (AvgIpc) is 2.96. The highest BCUT2D eigenvalue weighted by molar-refractivity contribution is 7.11. The Morgan fingerprint density at radius 2 is 2.10 bits per heavy atom. The van der Waals surface area contributed by atoms with E-state index in [1.165, 1.54) is 24.6 Å². The fraction of sp³-hybridized carbons (Fsp3) is 0.214. The first kappa shape index (κ1) is 15.1. The average molecular weight is 308 g/mol. The monoisotopic (exact) mass is 308 g/mol. The number of carbonyl (C=O) groups excluding carboxylic acids is 2. The Balaban J connectivity index is 2.21. The number of esters is 1. The molecule has 2 aromatic rings. The van der Waals surface area contributed by atoms with E-state index in [-0.39, 0.29) is 23.0 Å². The third-order valence-corrected chi connectivity index (χ3v) is 3.51. The number of benzene rings is 1. The van der Waals surface area contributed by atoms with Crippen molar-refractivity contribution in [2.75, 3.05) is 18.6 Å². The van der Waals surface area contributed by atoms with E-state index in [2.05, 4.69) is 4.98 Å². The molecule has 21 heavy (non-hydrogen) atoms. The zero-order valence-electron chi connectivity index (χ0n) is 11.5. The molecule has 0 atom stereocenters. The van der Waals surface area contributed by atoms with Crippen molar-refractivity contribution in [2.24, 2.45) is 0 Å². The number of carbonyl (C=O) groups is 2. The number of nitrogens with zero attached hydrogens (tertiary/aromatic N) is 2. The van der Waals surface area contributed by atoms with E-state index >= 15 is 0 Å². The predicted molar refractivity (Wildman–Crippen MR) is 77.2 cm³/mol. The third kappa shape index (κ3) is 3.25. The van der Waals surface area contributed by atoms with E-state index in [9.17, 15) is 14.0 Å². The summed E-state index contributed by atoms with van der Waals surface area (Å²) in [6, 6.07) is 5.93. The zero-order valence-corrected chi connectivity index (χ0v) is 12.3. The van der Waals surface area contributed by atoms with E-state index in [0.717, 1.165) is 16.2 Å². The minimum Gasteiger partial charge on any atom is -0.461 e. The van der Waals surface area contributed by atoms with E-state index in [1.807, 2.05) is 0 Å². The second kappa shape index (κ2) is 6.45. The molecule has 0 saturated carbocycles. The standard InChI is InChI=1S/C14H13FN2O3S/c1-3-20-14(19)12-16-10(8-21-12)13(18)17(2)11-7-5-4-6-9(11)15/h4-8H,3H2,1-2H3. The number of anilines is 1. The van der Waals surface area contributed by atoms with Gasteiger partial charge in [-0.15, -0.1) is 11.3 Å². The van der Waals surface area contributed by atoms with Gasteiger partial charge in [-0.2, -0.15) is 0 Å². The first-order chi connectivity index (χ1) is 10.0. The van der Waals surface area contributed by atoms with Gasteiger partial charge in [0.2, 0.25) is 5.01 Å². The lowest BCUT2D eigenvalue weighted by Gasteiger charge is -2.16. The normalized spacial score (nSPS) is 10.2. The molecular formula is C14H13FN2O3S. The molecule has 2 rings (SSSR count). The first-order valence-electron chi connectivity index (χ1n) is 6.19. The Morgan fingerprint density at radius 3 is 2.76 bits per heavy atom. The number of hydrogen-bond acceptors (Lipinski definition) is 5. The van der Waals surface area contributed by atoms with Crippen molar-refractivity contribution < 1.29 is 18.7 Å². The summed E-state index contributed by atoms with van der Waals surface area (Å²) in [4.78, 5) is 28.8. The molecule has 0 aliphatic heterocycles. The molecule has 0 N–H and O–H groups in total. The summed E-state index contributed by atoms with van der Waals surface area (Å²) >= 11 is 1.02. The Kier molecular flexibility index (Phi) is 4.64. The Morgan fingerprint density at radius 1 is 1.38 bits per heavy atom. The number of rotatable bonds is 4. The van der Waals surface area contributed by atoms with Gasteiger partial charge in [-0.05, 0) is 19.1 Å². The summed E-state index contributed by atoms with van der Waals surface area (Å²) in [5.74, 6) is -1.57. The summed E-state index contributed by atoms with van der Waals surface area (Å²) in [6.07, 6.45) is 0. The molecule has 0 radical (unpaired) electrons. The van der Waals surface area contributed by atoms with Crippen molar-refractivity contribution in [2.45, 2.75) is 6.92 Å². The SMILES string of the molecule is CCOC(=O)c1nc(C(=O)N(C)c2ccccc2F)cs1. The molecule has 7 heteroatoms. The van der Waals surface area contributed by atoms with Crippen LogP contribution in [-0.2, 0) is 4.74 Å². The summed E-state index contributed by atoms with van der Waals surface area (Å²) in [5.41, 5.74) is 0.224. The molecule has 5 nitrogen and oxygen atoms in total. The van der Waals surface area contributed by atoms with Crippen LogP contribution in [0.5, 0.6) is 0 Å². The summed E-state index contributed by atoms with van der Waals surface area (Å²) in [6.45, 7) is 1.92. The Labute approximate surface area is 125 Å². The van der Waals surface area contributed by atoms with Gasteiger partial charge in [0.15, 0.2) is 0 Å². The fourth-order valence-electron chi connectivity index (χ4n) is 1.66. The molecule has 1 aromatic heterocycles. The maximum absolute atomic E-state index is 13.7. The van der Waals surface area contributed by atoms with Crippen molar-refractivity contribution in [3.8, 4) is 0 Å². The second-order valence-electron chi connectivity index (χ2n) is 4.07. The van der Waals surface area contributed by atoms with E-state index in [4.69, 9.17) is 4.74 Å². The van der Waals surface area contributed by atoms with Gasteiger partial charge in [-0.3, -0.25) is 4.79 Å². The lowest BCUT2D eigenvalue weighted by atomic mass is 10.2. The number of amides is 1.